The molecule has 0 aromatic heterocycles. The summed E-state index contributed by atoms with van der Waals surface area (Å²) >= 11 is -2.18. The molecule has 13 heavy (non-hydrogen) atoms. The summed E-state index contributed by atoms with van der Waals surface area (Å²) in [5.74, 6) is 0. The first-order chi connectivity index (χ1) is 6.15. The lowest BCUT2D eigenvalue weighted by Gasteiger charge is -2.24. The fourth-order valence-electron chi connectivity index (χ4n) is 1.09. The number of benzene rings is 1. The fourth-order valence-corrected chi connectivity index (χ4v) is 1.59. The second-order valence-corrected chi connectivity index (χ2v) is 3.62. The molecule has 1 aromatic rings. The van der Waals surface area contributed by atoms with Crippen LogP contribution in [0.3, 0.4) is 0 Å². The SMILES string of the molecule is CCN(c1ccc(C)cc1)S(=O)[O-]. The number of rotatable bonds is 3. The molecule has 0 saturated carbocycles. The molecule has 0 N–H and O–H groups in total. The van der Waals surface area contributed by atoms with Gasteiger partial charge in [-0.1, -0.05) is 17.7 Å². The largest absolute Gasteiger partial charge is 0.755 e. The summed E-state index contributed by atoms with van der Waals surface area (Å²) in [5.41, 5.74) is 1.83. The molecule has 1 atom stereocenters. The Labute approximate surface area is 80.8 Å². The van der Waals surface area contributed by atoms with Gasteiger partial charge in [0.2, 0.25) is 0 Å². The first kappa shape index (κ1) is 10.2. The van der Waals surface area contributed by atoms with Crippen LogP contribution in [0, 0.1) is 6.92 Å². The number of anilines is 1. The van der Waals surface area contributed by atoms with Crippen LogP contribution in [0.4, 0.5) is 5.69 Å². The minimum Gasteiger partial charge on any atom is -0.755 e. The van der Waals surface area contributed by atoms with Crippen LogP contribution in [0.2, 0.25) is 0 Å². The van der Waals surface area contributed by atoms with E-state index in [1.807, 2.05) is 19.1 Å². The standard InChI is InChI=1S/C9H13NO2S/c1-3-10(13(11)12)9-6-4-8(2)5-7-9/h4-7H,3H2,1-2H3,(H,11,12)/p-1. The molecule has 1 unspecified atom stereocenters. The summed E-state index contributed by atoms with van der Waals surface area (Å²) in [6.45, 7) is 4.23. The second-order valence-electron chi connectivity index (χ2n) is 2.75. The van der Waals surface area contributed by atoms with Gasteiger partial charge in [-0.15, -0.1) is 0 Å². The Morgan fingerprint density at radius 3 is 2.31 bits per heavy atom. The number of hydrogen-bond donors (Lipinski definition) is 0. The van der Waals surface area contributed by atoms with E-state index in [9.17, 15) is 8.76 Å². The third kappa shape index (κ3) is 2.54. The molecule has 0 heterocycles. The summed E-state index contributed by atoms with van der Waals surface area (Å²) < 4.78 is 22.8. The number of nitrogens with zero attached hydrogens (tertiary/aromatic N) is 1. The van der Waals surface area contributed by atoms with E-state index in [1.165, 1.54) is 4.31 Å². The Hall–Kier alpha value is -0.870. The zero-order valence-electron chi connectivity index (χ0n) is 7.69. The van der Waals surface area contributed by atoms with E-state index in [1.54, 1.807) is 19.1 Å². The van der Waals surface area contributed by atoms with Crippen molar-refractivity contribution in [1.82, 2.24) is 0 Å². The Kier molecular flexibility index (Phi) is 3.45. The summed E-state index contributed by atoms with van der Waals surface area (Å²) in [6, 6.07) is 7.39. The van der Waals surface area contributed by atoms with Gasteiger partial charge in [-0.25, -0.2) is 0 Å². The number of hydrogen-bond acceptors (Lipinski definition) is 2. The highest BCUT2D eigenvalue weighted by Crippen LogP contribution is 2.15. The van der Waals surface area contributed by atoms with Crippen molar-refractivity contribution < 1.29 is 8.76 Å². The molecule has 0 fully saturated rings. The number of aryl methyl sites for hydroxylation is 1. The predicted octanol–water partition coefficient (Wildman–Crippen LogP) is 1.62. The third-order valence-electron chi connectivity index (χ3n) is 1.79. The van der Waals surface area contributed by atoms with Gasteiger partial charge in [0.15, 0.2) is 0 Å². The van der Waals surface area contributed by atoms with Crippen LogP contribution in [0.5, 0.6) is 0 Å². The van der Waals surface area contributed by atoms with Crippen molar-refractivity contribution in [3.63, 3.8) is 0 Å². The van der Waals surface area contributed by atoms with E-state index < -0.39 is 11.3 Å². The molecular weight excluding hydrogens is 186 g/mol. The molecule has 3 nitrogen and oxygen atoms in total. The van der Waals surface area contributed by atoms with Crippen LogP contribution in [-0.4, -0.2) is 15.3 Å². The maximum absolute atomic E-state index is 10.7. The van der Waals surface area contributed by atoms with Gasteiger partial charge < -0.3 is 8.86 Å². The average Bonchev–Trinajstić information content (AvgIpc) is 2.09. The Morgan fingerprint density at radius 2 is 1.92 bits per heavy atom. The van der Waals surface area contributed by atoms with Crippen molar-refractivity contribution in [1.29, 1.82) is 0 Å². The molecule has 0 bridgehead atoms. The first-order valence-electron chi connectivity index (χ1n) is 4.08. The summed E-state index contributed by atoms with van der Waals surface area (Å²) in [7, 11) is 0. The Balaban J connectivity index is 2.92. The van der Waals surface area contributed by atoms with Gasteiger partial charge in [0, 0.05) is 23.5 Å². The fraction of sp³-hybridized carbons (Fsp3) is 0.333. The van der Waals surface area contributed by atoms with Crippen molar-refractivity contribution in [2.45, 2.75) is 13.8 Å². The third-order valence-corrected chi connectivity index (χ3v) is 2.62. The molecule has 0 aliphatic rings. The topological polar surface area (TPSA) is 43.4 Å². The molecule has 0 radical (unpaired) electrons. The highest BCUT2D eigenvalue weighted by Gasteiger charge is 2.02. The lowest BCUT2D eigenvalue weighted by molar-refractivity contribution is 0.533. The first-order valence-corrected chi connectivity index (χ1v) is 5.12. The smallest absolute Gasteiger partial charge is 0.0482 e. The molecule has 4 heteroatoms. The zero-order chi connectivity index (χ0) is 9.84. The van der Waals surface area contributed by atoms with Gasteiger partial charge in [-0.3, -0.25) is 4.21 Å². The molecule has 0 saturated heterocycles. The van der Waals surface area contributed by atoms with E-state index >= 15 is 0 Å². The molecule has 0 spiro atoms. The molecule has 72 valence electrons. The zero-order valence-corrected chi connectivity index (χ0v) is 8.50. The Bertz CT molecular complexity index is 297. The Morgan fingerprint density at radius 1 is 1.38 bits per heavy atom. The van der Waals surface area contributed by atoms with Gasteiger partial charge in [0.25, 0.3) is 0 Å². The molecule has 1 rings (SSSR count). The van der Waals surface area contributed by atoms with Crippen LogP contribution >= 0.6 is 0 Å². The maximum atomic E-state index is 10.7. The van der Waals surface area contributed by atoms with Crippen LogP contribution in [0.1, 0.15) is 12.5 Å². The van der Waals surface area contributed by atoms with Gasteiger partial charge in [-0.05, 0) is 26.0 Å². The van der Waals surface area contributed by atoms with Crippen LogP contribution in [0.25, 0.3) is 0 Å². The van der Waals surface area contributed by atoms with Crippen LogP contribution in [0.15, 0.2) is 24.3 Å². The van der Waals surface area contributed by atoms with E-state index in [-0.39, 0.29) is 0 Å². The second kappa shape index (κ2) is 4.39. The van der Waals surface area contributed by atoms with E-state index in [0.29, 0.717) is 12.2 Å². The minimum absolute atomic E-state index is 0.458. The summed E-state index contributed by atoms with van der Waals surface area (Å²) in [6.07, 6.45) is 0. The highest BCUT2D eigenvalue weighted by atomic mass is 32.2. The van der Waals surface area contributed by atoms with Crippen LogP contribution < -0.4 is 4.31 Å². The minimum atomic E-state index is -2.18. The summed E-state index contributed by atoms with van der Waals surface area (Å²) in [5, 5.41) is 0. The van der Waals surface area contributed by atoms with E-state index in [2.05, 4.69) is 0 Å². The van der Waals surface area contributed by atoms with E-state index in [4.69, 9.17) is 0 Å². The highest BCUT2D eigenvalue weighted by molar-refractivity contribution is 7.80. The van der Waals surface area contributed by atoms with E-state index in [0.717, 1.165) is 5.56 Å². The van der Waals surface area contributed by atoms with Crippen molar-refractivity contribution in [2.75, 3.05) is 10.8 Å². The van der Waals surface area contributed by atoms with Crippen molar-refractivity contribution in [3.05, 3.63) is 29.8 Å². The van der Waals surface area contributed by atoms with Gasteiger partial charge in [-0.2, -0.15) is 0 Å². The maximum Gasteiger partial charge on any atom is 0.0482 e. The van der Waals surface area contributed by atoms with Crippen LogP contribution in [-0.2, 0) is 11.3 Å². The molecular formula is C9H12NO2S-. The lowest BCUT2D eigenvalue weighted by atomic mass is 10.2. The van der Waals surface area contributed by atoms with Crippen molar-refractivity contribution in [2.24, 2.45) is 0 Å². The van der Waals surface area contributed by atoms with Crippen molar-refractivity contribution >= 4 is 17.0 Å². The van der Waals surface area contributed by atoms with Gasteiger partial charge in [0.05, 0.1) is 0 Å². The molecule has 0 aliphatic carbocycles. The summed E-state index contributed by atoms with van der Waals surface area (Å²) in [4.78, 5) is 0. The molecule has 0 aliphatic heterocycles. The predicted molar refractivity (Wildman–Crippen MR) is 53.1 cm³/mol. The normalized spacial score (nSPS) is 12.5. The lowest BCUT2D eigenvalue weighted by Crippen LogP contribution is -2.24. The average molecular weight is 198 g/mol. The molecule has 0 amide bonds. The monoisotopic (exact) mass is 198 g/mol. The van der Waals surface area contributed by atoms with Gasteiger partial charge >= 0.3 is 0 Å². The molecule has 1 aromatic carbocycles. The van der Waals surface area contributed by atoms with Gasteiger partial charge in [0.1, 0.15) is 0 Å². The quantitative estimate of drug-likeness (QED) is 0.692. The van der Waals surface area contributed by atoms with Crippen molar-refractivity contribution in [3.8, 4) is 0 Å².